The third-order valence-corrected chi connectivity index (χ3v) is 3.73. The molecule has 0 heterocycles. The summed E-state index contributed by atoms with van der Waals surface area (Å²) in [6, 6.07) is 13.1. The van der Waals surface area contributed by atoms with Gasteiger partial charge < -0.3 is 19.5 Å². The Kier molecular flexibility index (Phi) is 7.29. The first-order valence-corrected chi connectivity index (χ1v) is 8.39. The minimum absolute atomic E-state index is 0.0419. The lowest BCUT2D eigenvalue weighted by Crippen LogP contribution is -2.20. The maximum atomic E-state index is 12.1. The van der Waals surface area contributed by atoms with Crippen LogP contribution < -0.4 is 14.8 Å². The molecule has 0 aliphatic heterocycles. The number of rotatable bonds is 9. The maximum absolute atomic E-state index is 12.1. The molecule has 2 rings (SSSR count). The molecule has 0 aliphatic carbocycles. The fraction of sp³-hybridized carbons (Fsp3) is 0.350. The van der Waals surface area contributed by atoms with E-state index >= 15 is 0 Å². The van der Waals surface area contributed by atoms with E-state index in [0.29, 0.717) is 31.3 Å². The molecule has 2 aromatic rings. The Labute approximate surface area is 148 Å². The topological polar surface area (TPSA) is 56.8 Å². The lowest BCUT2D eigenvalue weighted by Gasteiger charge is -2.12. The smallest absolute Gasteiger partial charge is 0.262 e. The summed E-state index contributed by atoms with van der Waals surface area (Å²) in [6.45, 7) is 7.57. The summed E-state index contributed by atoms with van der Waals surface area (Å²) in [5.41, 5.74) is 2.85. The fourth-order valence-corrected chi connectivity index (χ4v) is 2.25. The molecule has 0 unspecified atom stereocenters. The second-order valence-electron chi connectivity index (χ2n) is 5.61. The van der Waals surface area contributed by atoms with Crippen molar-refractivity contribution >= 4 is 11.6 Å². The van der Waals surface area contributed by atoms with Crippen molar-refractivity contribution in [2.45, 2.75) is 20.8 Å². The predicted octanol–water partition coefficient (Wildman–Crippen LogP) is 3.74. The Morgan fingerprint density at radius 1 is 1.04 bits per heavy atom. The van der Waals surface area contributed by atoms with E-state index in [1.807, 2.05) is 57.2 Å². The molecule has 2 aromatic carbocycles. The molecule has 0 aromatic heterocycles. The average Bonchev–Trinajstić information content (AvgIpc) is 2.60. The van der Waals surface area contributed by atoms with Gasteiger partial charge in [0.15, 0.2) is 6.61 Å². The van der Waals surface area contributed by atoms with Gasteiger partial charge in [-0.3, -0.25) is 4.79 Å². The molecule has 0 spiro atoms. The van der Waals surface area contributed by atoms with Gasteiger partial charge in [-0.05, 0) is 50.1 Å². The van der Waals surface area contributed by atoms with Crippen LogP contribution in [0.1, 0.15) is 18.1 Å². The summed E-state index contributed by atoms with van der Waals surface area (Å²) in [5, 5.41) is 2.81. The van der Waals surface area contributed by atoms with Crippen LogP contribution in [0.15, 0.2) is 42.5 Å². The van der Waals surface area contributed by atoms with Gasteiger partial charge in [-0.2, -0.15) is 0 Å². The molecule has 0 saturated heterocycles. The SMILES string of the molecule is CCOCCOc1cccc(NC(=O)COc2cccc(C)c2C)c1. The Morgan fingerprint density at radius 2 is 1.84 bits per heavy atom. The van der Waals surface area contributed by atoms with Crippen molar-refractivity contribution in [1.29, 1.82) is 0 Å². The fourth-order valence-electron chi connectivity index (χ4n) is 2.25. The van der Waals surface area contributed by atoms with Crippen LogP contribution in [0.5, 0.6) is 11.5 Å². The van der Waals surface area contributed by atoms with Crippen LogP contribution in [0.2, 0.25) is 0 Å². The van der Waals surface area contributed by atoms with Crippen LogP contribution in [-0.2, 0) is 9.53 Å². The van der Waals surface area contributed by atoms with Crippen molar-refractivity contribution < 1.29 is 19.0 Å². The van der Waals surface area contributed by atoms with Crippen molar-refractivity contribution in [2.24, 2.45) is 0 Å². The lowest BCUT2D eigenvalue weighted by atomic mass is 10.1. The highest BCUT2D eigenvalue weighted by molar-refractivity contribution is 5.92. The molecule has 5 nitrogen and oxygen atoms in total. The number of hydrogen-bond acceptors (Lipinski definition) is 4. The Balaban J connectivity index is 1.84. The first kappa shape index (κ1) is 18.8. The molecular formula is C20H25NO4. The number of amides is 1. The van der Waals surface area contributed by atoms with Crippen LogP contribution in [0.4, 0.5) is 5.69 Å². The summed E-state index contributed by atoms with van der Waals surface area (Å²) < 4.78 is 16.4. The molecule has 134 valence electrons. The molecule has 25 heavy (non-hydrogen) atoms. The highest BCUT2D eigenvalue weighted by Crippen LogP contribution is 2.21. The molecule has 0 radical (unpaired) electrons. The van der Waals surface area contributed by atoms with E-state index in [-0.39, 0.29) is 12.5 Å². The second-order valence-corrected chi connectivity index (χ2v) is 5.61. The Hall–Kier alpha value is -2.53. The summed E-state index contributed by atoms with van der Waals surface area (Å²) in [7, 11) is 0. The molecule has 0 aliphatic rings. The van der Waals surface area contributed by atoms with Gasteiger partial charge >= 0.3 is 0 Å². The van der Waals surface area contributed by atoms with Gasteiger partial charge in [-0.1, -0.05) is 18.2 Å². The van der Waals surface area contributed by atoms with Crippen LogP contribution >= 0.6 is 0 Å². The number of aryl methyl sites for hydroxylation is 1. The average molecular weight is 343 g/mol. The van der Waals surface area contributed by atoms with Crippen molar-refractivity contribution in [2.75, 3.05) is 31.7 Å². The van der Waals surface area contributed by atoms with E-state index in [2.05, 4.69) is 5.32 Å². The third-order valence-electron chi connectivity index (χ3n) is 3.73. The number of hydrogen-bond donors (Lipinski definition) is 1. The van der Waals surface area contributed by atoms with Gasteiger partial charge in [-0.15, -0.1) is 0 Å². The maximum Gasteiger partial charge on any atom is 0.262 e. The number of benzene rings is 2. The zero-order chi connectivity index (χ0) is 18.1. The molecular weight excluding hydrogens is 318 g/mol. The quantitative estimate of drug-likeness (QED) is 0.705. The van der Waals surface area contributed by atoms with E-state index in [4.69, 9.17) is 14.2 Å². The monoisotopic (exact) mass is 343 g/mol. The van der Waals surface area contributed by atoms with Crippen molar-refractivity contribution in [1.82, 2.24) is 0 Å². The first-order valence-electron chi connectivity index (χ1n) is 8.39. The van der Waals surface area contributed by atoms with Crippen LogP contribution in [-0.4, -0.2) is 32.3 Å². The number of anilines is 1. The van der Waals surface area contributed by atoms with Gasteiger partial charge in [-0.25, -0.2) is 0 Å². The summed E-state index contributed by atoms with van der Waals surface area (Å²) in [4.78, 5) is 12.1. The summed E-state index contributed by atoms with van der Waals surface area (Å²) in [5.74, 6) is 1.20. The standard InChI is InChI=1S/C20H25NO4/c1-4-23-11-12-24-18-9-6-8-17(13-18)21-20(22)14-25-19-10-5-7-15(2)16(19)3/h5-10,13H,4,11-12,14H2,1-3H3,(H,21,22). The minimum atomic E-state index is -0.215. The lowest BCUT2D eigenvalue weighted by molar-refractivity contribution is -0.118. The second kappa shape index (κ2) is 9.69. The molecule has 0 bridgehead atoms. The Bertz CT molecular complexity index is 700. The zero-order valence-corrected chi connectivity index (χ0v) is 15.0. The molecule has 0 fully saturated rings. The van der Waals surface area contributed by atoms with Crippen LogP contribution in [0, 0.1) is 13.8 Å². The van der Waals surface area contributed by atoms with Crippen molar-refractivity contribution in [3.05, 3.63) is 53.6 Å². The summed E-state index contributed by atoms with van der Waals surface area (Å²) >= 11 is 0. The van der Waals surface area contributed by atoms with Crippen molar-refractivity contribution in [3.63, 3.8) is 0 Å². The number of carbonyl (C=O) groups is 1. The van der Waals surface area contributed by atoms with Crippen LogP contribution in [0.25, 0.3) is 0 Å². The largest absolute Gasteiger partial charge is 0.491 e. The van der Waals surface area contributed by atoms with E-state index in [9.17, 15) is 4.79 Å². The third kappa shape index (κ3) is 6.12. The van der Waals surface area contributed by atoms with Crippen molar-refractivity contribution in [3.8, 4) is 11.5 Å². The van der Waals surface area contributed by atoms with Gasteiger partial charge in [0.05, 0.1) is 6.61 Å². The predicted molar refractivity (Wildman–Crippen MR) is 98.5 cm³/mol. The van der Waals surface area contributed by atoms with E-state index < -0.39 is 0 Å². The minimum Gasteiger partial charge on any atom is -0.491 e. The number of ether oxygens (including phenoxy) is 3. The molecule has 1 N–H and O–H groups in total. The van der Waals surface area contributed by atoms with Gasteiger partial charge in [0.25, 0.3) is 5.91 Å². The molecule has 5 heteroatoms. The molecule has 0 saturated carbocycles. The highest BCUT2D eigenvalue weighted by atomic mass is 16.5. The van der Waals surface area contributed by atoms with E-state index in [1.165, 1.54) is 0 Å². The van der Waals surface area contributed by atoms with Gasteiger partial charge in [0, 0.05) is 18.4 Å². The molecule has 0 atom stereocenters. The number of carbonyl (C=O) groups excluding carboxylic acids is 1. The van der Waals surface area contributed by atoms with E-state index in [0.717, 1.165) is 16.9 Å². The normalized spacial score (nSPS) is 10.4. The van der Waals surface area contributed by atoms with Crippen LogP contribution in [0.3, 0.4) is 0 Å². The highest BCUT2D eigenvalue weighted by Gasteiger charge is 2.07. The summed E-state index contributed by atoms with van der Waals surface area (Å²) in [6.07, 6.45) is 0. The first-order chi connectivity index (χ1) is 12.1. The Morgan fingerprint density at radius 3 is 2.64 bits per heavy atom. The molecule has 1 amide bonds. The number of nitrogens with one attached hydrogen (secondary N) is 1. The van der Waals surface area contributed by atoms with Gasteiger partial charge in [0.2, 0.25) is 0 Å². The van der Waals surface area contributed by atoms with E-state index in [1.54, 1.807) is 6.07 Å². The zero-order valence-electron chi connectivity index (χ0n) is 15.0. The van der Waals surface area contributed by atoms with Gasteiger partial charge in [0.1, 0.15) is 18.1 Å².